The third kappa shape index (κ3) is 2.47. The SMILES string of the molecule is C[C@@H](O)C(O)(Cn1cncn1)c1cccc(F)c1F. The van der Waals surface area contributed by atoms with Crippen LogP contribution in [0.1, 0.15) is 12.5 Å². The van der Waals surface area contributed by atoms with Crippen LogP contribution in [0.3, 0.4) is 0 Å². The van der Waals surface area contributed by atoms with Gasteiger partial charge in [0.25, 0.3) is 0 Å². The van der Waals surface area contributed by atoms with Crippen molar-refractivity contribution < 1.29 is 19.0 Å². The molecule has 0 spiro atoms. The van der Waals surface area contributed by atoms with E-state index in [9.17, 15) is 19.0 Å². The number of hydrogen-bond acceptors (Lipinski definition) is 4. The minimum absolute atomic E-state index is 0.245. The third-order valence-corrected chi connectivity index (χ3v) is 2.98. The first-order valence-electron chi connectivity index (χ1n) is 5.62. The van der Waals surface area contributed by atoms with Gasteiger partial charge in [0.05, 0.1) is 12.6 Å². The van der Waals surface area contributed by atoms with Crippen LogP contribution in [-0.2, 0) is 12.1 Å². The normalized spacial score (nSPS) is 16.1. The average molecular weight is 269 g/mol. The van der Waals surface area contributed by atoms with E-state index in [1.165, 1.54) is 36.4 Å². The lowest BCUT2D eigenvalue weighted by Crippen LogP contribution is -2.42. The Hall–Kier alpha value is -1.86. The Balaban J connectivity index is 2.47. The number of aliphatic hydroxyl groups excluding tert-OH is 1. The predicted molar refractivity (Wildman–Crippen MR) is 62.0 cm³/mol. The van der Waals surface area contributed by atoms with Crippen molar-refractivity contribution in [1.82, 2.24) is 14.8 Å². The molecule has 102 valence electrons. The fourth-order valence-corrected chi connectivity index (χ4v) is 1.84. The monoisotopic (exact) mass is 269 g/mol. The van der Waals surface area contributed by atoms with Gasteiger partial charge in [0, 0.05) is 5.56 Å². The van der Waals surface area contributed by atoms with Crippen molar-refractivity contribution in [3.05, 3.63) is 48.1 Å². The van der Waals surface area contributed by atoms with Crippen LogP contribution < -0.4 is 0 Å². The summed E-state index contributed by atoms with van der Waals surface area (Å²) in [5, 5.41) is 24.0. The maximum absolute atomic E-state index is 13.8. The number of benzene rings is 1. The van der Waals surface area contributed by atoms with Crippen molar-refractivity contribution >= 4 is 0 Å². The molecule has 0 aliphatic rings. The molecular formula is C12H13F2N3O2. The molecule has 1 heterocycles. The standard InChI is InChI=1S/C12H13F2N3O2/c1-8(18)12(19,5-17-7-15-6-16-17)9-3-2-4-10(13)11(9)14/h2-4,6-8,18-19H,5H2,1H3/t8-,12?/m1/s1. The van der Waals surface area contributed by atoms with Crippen molar-refractivity contribution in [3.8, 4) is 0 Å². The van der Waals surface area contributed by atoms with Gasteiger partial charge in [-0.15, -0.1) is 0 Å². The number of aromatic nitrogens is 3. The lowest BCUT2D eigenvalue weighted by atomic mass is 9.88. The average Bonchev–Trinajstić information content (AvgIpc) is 2.85. The van der Waals surface area contributed by atoms with Crippen LogP contribution in [0, 0.1) is 11.6 Å². The first-order valence-corrected chi connectivity index (χ1v) is 5.62. The van der Waals surface area contributed by atoms with E-state index >= 15 is 0 Å². The number of halogens is 2. The minimum atomic E-state index is -2.00. The highest BCUT2D eigenvalue weighted by molar-refractivity contribution is 5.26. The molecule has 2 aromatic rings. The Labute approximate surface area is 108 Å². The van der Waals surface area contributed by atoms with Gasteiger partial charge in [0.15, 0.2) is 11.6 Å². The van der Waals surface area contributed by atoms with Gasteiger partial charge in [-0.3, -0.25) is 0 Å². The first-order chi connectivity index (χ1) is 8.95. The number of aliphatic hydroxyl groups is 2. The van der Waals surface area contributed by atoms with Crippen LogP contribution in [-0.4, -0.2) is 31.1 Å². The summed E-state index contributed by atoms with van der Waals surface area (Å²) in [6.07, 6.45) is 1.22. The van der Waals surface area contributed by atoms with Gasteiger partial charge in [0.2, 0.25) is 0 Å². The summed E-state index contributed by atoms with van der Waals surface area (Å²) in [6.45, 7) is 1.05. The summed E-state index contributed by atoms with van der Waals surface area (Å²) < 4.78 is 28.3. The van der Waals surface area contributed by atoms with Gasteiger partial charge < -0.3 is 10.2 Å². The molecule has 0 saturated heterocycles. The highest BCUT2D eigenvalue weighted by Crippen LogP contribution is 2.30. The Morgan fingerprint density at radius 1 is 1.42 bits per heavy atom. The third-order valence-electron chi connectivity index (χ3n) is 2.98. The van der Waals surface area contributed by atoms with Crippen molar-refractivity contribution in [2.75, 3.05) is 0 Å². The van der Waals surface area contributed by atoms with E-state index < -0.39 is 23.3 Å². The predicted octanol–water partition coefficient (Wildman–Crippen LogP) is 0.825. The summed E-state index contributed by atoms with van der Waals surface area (Å²) in [5.74, 6) is -2.28. The zero-order valence-corrected chi connectivity index (χ0v) is 10.2. The molecule has 2 N–H and O–H groups in total. The van der Waals surface area contributed by atoms with Gasteiger partial charge >= 0.3 is 0 Å². The zero-order chi connectivity index (χ0) is 14.0. The molecule has 0 amide bonds. The van der Waals surface area contributed by atoms with Gasteiger partial charge in [-0.25, -0.2) is 18.4 Å². The molecule has 2 atom stereocenters. The molecule has 1 unspecified atom stereocenters. The minimum Gasteiger partial charge on any atom is -0.390 e. The molecule has 0 fully saturated rings. The van der Waals surface area contributed by atoms with E-state index in [1.54, 1.807) is 0 Å². The van der Waals surface area contributed by atoms with Gasteiger partial charge in [-0.1, -0.05) is 12.1 Å². The molecule has 1 aromatic heterocycles. The molecule has 0 saturated carbocycles. The molecule has 7 heteroatoms. The highest BCUT2D eigenvalue weighted by Gasteiger charge is 2.38. The van der Waals surface area contributed by atoms with Crippen molar-refractivity contribution in [3.63, 3.8) is 0 Å². The van der Waals surface area contributed by atoms with Gasteiger partial charge in [-0.05, 0) is 13.0 Å². The van der Waals surface area contributed by atoms with Gasteiger partial charge in [-0.2, -0.15) is 5.10 Å². The van der Waals surface area contributed by atoms with Crippen molar-refractivity contribution in [2.45, 2.75) is 25.2 Å². The van der Waals surface area contributed by atoms with E-state index in [4.69, 9.17) is 0 Å². The highest BCUT2D eigenvalue weighted by atomic mass is 19.2. The smallest absolute Gasteiger partial charge is 0.165 e. The molecule has 0 aliphatic heterocycles. The van der Waals surface area contributed by atoms with Crippen LogP contribution in [0.4, 0.5) is 8.78 Å². The summed E-state index contributed by atoms with van der Waals surface area (Å²) in [5.41, 5.74) is -2.32. The van der Waals surface area contributed by atoms with Crippen LogP contribution >= 0.6 is 0 Å². The molecule has 2 rings (SSSR count). The van der Waals surface area contributed by atoms with Crippen molar-refractivity contribution in [1.29, 1.82) is 0 Å². The maximum Gasteiger partial charge on any atom is 0.165 e. The lowest BCUT2D eigenvalue weighted by molar-refractivity contribution is -0.0876. The maximum atomic E-state index is 13.8. The number of rotatable bonds is 4. The van der Waals surface area contributed by atoms with Crippen LogP contribution in [0.2, 0.25) is 0 Å². The van der Waals surface area contributed by atoms with Crippen molar-refractivity contribution in [2.24, 2.45) is 0 Å². The Morgan fingerprint density at radius 3 is 2.74 bits per heavy atom. The van der Waals surface area contributed by atoms with Crippen LogP contribution in [0.5, 0.6) is 0 Å². The quantitative estimate of drug-likeness (QED) is 0.862. The molecule has 19 heavy (non-hydrogen) atoms. The Bertz CT molecular complexity index is 560. The van der Waals surface area contributed by atoms with E-state index in [0.717, 1.165) is 6.07 Å². The molecule has 0 bridgehead atoms. The molecule has 5 nitrogen and oxygen atoms in total. The van der Waals surface area contributed by atoms with Crippen LogP contribution in [0.15, 0.2) is 30.9 Å². The number of hydrogen-bond donors (Lipinski definition) is 2. The molecular weight excluding hydrogens is 256 g/mol. The second-order valence-corrected chi connectivity index (χ2v) is 4.29. The lowest BCUT2D eigenvalue weighted by Gasteiger charge is -2.31. The van der Waals surface area contributed by atoms with E-state index in [2.05, 4.69) is 10.1 Å². The Kier molecular flexibility index (Phi) is 3.59. The second kappa shape index (κ2) is 5.02. The summed E-state index contributed by atoms with van der Waals surface area (Å²) in [6, 6.07) is 3.43. The van der Waals surface area contributed by atoms with E-state index in [-0.39, 0.29) is 12.1 Å². The molecule has 0 aliphatic carbocycles. The second-order valence-electron chi connectivity index (χ2n) is 4.29. The fourth-order valence-electron chi connectivity index (χ4n) is 1.84. The number of nitrogens with zero attached hydrogens (tertiary/aromatic N) is 3. The van der Waals surface area contributed by atoms with E-state index in [1.807, 2.05) is 0 Å². The summed E-state index contributed by atoms with van der Waals surface area (Å²) in [7, 11) is 0. The largest absolute Gasteiger partial charge is 0.390 e. The summed E-state index contributed by atoms with van der Waals surface area (Å²) in [4.78, 5) is 3.69. The van der Waals surface area contributed by atoms with E-state index in [0.29, 0.717) is 0 Å². The molecule has 0 radical (unpaired) electrons. The summed E-state index contributed by atoms with van der Waals surface area (Å²) >= 11 is 0. The zero-order valence-electron chi connectivity index (χ0n) is 10.2. The fraction of sp³-hybridized carbons (Fsp3) is 0.333. The van der Waals surface area contributed by atoms with Crippen LogP contribution in [0.25, 0.3) is 0 Å². The molecule has 1 aromatic carbocycles. The first kappa shape index (κ1) is 13.6. The Morgan fingerprint density at radius 2 is 2.16 bits per heavy atom. The topological polar surface area (TPSA) is 71.2 Å². The van der Waals surface area contributed by atoms with Gasteiger partial charge in [0.1, 0.15) is 18.3 Å².